The molecule has 0 atom stereocenters. The van der Waals surface area contributed by atoms with Crippen molar-refractivity contribution in [3.63, 3.8) is 0 Å². The first kappa shape index (κ1) is 15.5. The molecular weight excluding hydrogens is 284 g/mol. The molecule has 0 amide bonds. The van der Waals surface area contributed by atoms with E-state index in [9.17, 15) is 4.79 Å². The quantitative estimate of drug-likeness (QED) is 0.627. The van der Waals surface area contributed by atoms with Crippen molar-refractivity contribution < 1.29 is 9.53 Å². The molecule has 0 unspecified atom stereocenters. The minimum Gasteiger partial charge on any atom is -0.383 e. The number of aromatic nitrogens is 2. The van der Waals surface area contributed by atoms with Crippen molar-refractivity contribution in [1.29, 1.82) is 0 Å². The van der Waals surface area contributed by atoms with Gasteiger partial charge in [-0.3, -0.25) is 4.79 Å². The van der Waals surface area contributed by atoms with Crippen molar-refractivity contribution >= 4 is 18.0 Å². The van der Waals surface area contributed by atoms with Gasteiger partial charge in [0.25, 0.3) is 0 Å². The number of benzene rings is 1. The van der Waals surface area contributed by atoms with Crippen LogP contribution in [0, 0.1) is 11.6 Å². The van der Waals surface area contributed by atoms with Crippen molar-refractivity contribution in [3.8, 4) is 11.4 Å². The van der Waals surface area contributed by atoms with Crippen LogP contribution in [0.1, 0.15) is 23.0 Å². The summed E-state index contributed by atoms with van der Waals surface area (Å²) in [6, 6.07) is 9.82. The molecule has 0 saturated heterocycles. The number of hydrogen-bond acceptors (Lipinski definition) is 4. The Bertz CT molecular complexity index is 708. The molecule has 0 bridgehead atoms. The van der Waals surface area contributed by atoms with Crippen LogP contribution in [-0.4, -0.2) is 29.1 Å². The number of carbonyl (C=O) groups is 1. The van der Waals surface area contributed by atoms with Crippen LogP contribution in [-0.2, 0) is 11.3 Å². The van der Waals surface area contributed by atoms with E-state index in [0.717, 1.165) is 17.1 Å². The highest BCUT2D eigenvalue weighted by molar-refractivity contribution is 7.71. The number of ether oxygens (including phenoxy) is 1. The number of rotatable bonds is 5. The molecule has 4 nitrogen and oxygen atoms in total. The van der Waals surface area contributed by atoms with Crippen LogP contribution in [0.4, 0.5) is 0 Å². The molecule has 5 heteroatoms. The summed E-state index contributed by atoms with van der Waals surface area (Å²) in [4.78, 5) is 16.3. The van der Waals surface area contributed by atoms with Crippen molar-refractivity contribution in [2.45, 2.75) is 20.4 Å². The van der Waals surface area contributed by atoms with E-state index in [1.165, 1.54) is 6.92 Å². The van der Waals surface area contributed by atoms with Crippen LogP contribution >= 0.6 is 12.2 Å². The highest BCUT2D eigenvalue weighted by atomic mass is 32.1. The summed E-state index contributed by atoms with van der Waals surface area (Å²) in [6.07, 6.45) is 0. The lowest BCUT2D eigenvalue weighted by atomic mass is 10.1. The predicted octanol–water partition coefficient (Wildman–Crippen LogP) is 3.44. The fraction of sp³-hybridized carbons (Fsp3) is 0.312. The minimum absolute atomic E-state index is 0.0595. The second-order valence-corrected chi connectivity index (χ2v) is 5.15. The summed E-state index contributed by atoms with van der Waals surface area (Å²) >= 11 is 5.30. The number of hydrogen-bond donors (Lipinski definition) is 0. The molecule has 0 N–H and O–H groups in total. The Balaban J connectivity index is 2.69. The number of ketones is 1. The van der Waals surface area contributed by atoms with Crippen LogP contribution < -0.4 is 0 Å². The fourth-order valence-corrected chi connectivity index (χ4v) is 2.71. The number of carbonyl (C=O) groups excluding carboxylic acids is 1. The van der Waals surface area contributed by atoms with E-state index in [2.05, 4.69) is 4.98 Å². The third kappa shape index (κ3) is 3.25. The van der Waals surface area contributed by atoms with Gasteiger partial charge in [0.15, 0.2) is 5.78 Å². The first-order chi connectivity index (χ1) is 10.1. The van der Waals surface area contributed by atoms with E-state index in [1.54, 1.807) is 7.11 Å². The molecule has 0 aliphatic heterocycles. The summed E-state index contributed by atoms with van der Waals surface area (Å²) < 4.78 is 7.51. The largest absolute Gasteiger partial charge is 0.383 e. The summed E-state index contributed by atoms with van der Waals surface area (Å²) in [7, 11) is 1.65. The van der Waals surface area contributed by atoms with Gasteiger partial charge in [0.2, 0.25) is 0 Å². The SMILES string of the molecule is COCCn1c(-c2ccccc2)nc(=S)c(C(C)=O)c1C. The lowest BCUT2D eigenvalue weighted by Gasteiger charge is -2.18. The number of nitrogens with zero attached hydrogens (tertiary/aromatic N) is 2. The summed E-state index contributed by atoms with van der Waals surface area (Å²) in [5.41, 5.74) is 2.32. The number of methoxy groups -OCH3 is 1. The second kappa shape index (κ2) is 6.74. The van der Waals surface area contributed by atoms with Crippen LogP contribution in [0.5, 0.6) is 0 Å². The lowest BCUT2D eigenvalue weighted by molar-refractivity contribution is 0.101. The van der Waals surface area contributed by atoms with Crippen LogP contribution in [0.15, 0.2) is 30.3 Å². The highest BCUT2D eigenvalue weighted by Gasteiger charge is 2.15. The third-order valence-corrected chi connectivity index (χ3v) is 3.64. The van der Waals surface area contributed by atoms with E-state index in [0.29, 0.717) is 23.4 Å². The molecule has 21 heavy (non-hydrogen) atoms. The average molecular weight is 302 g/mol. The van der Waals surface area contributed by atoms with Gasteiger partial charge in [-0.25, -0.2) is 4.98 Å². The van der Waals surface area contributed by atoms with Gasteiger partial charge in [-0.05, 0) is 13.8 Å². The standard InChI is InChI=1S/C16H18N2O2S/c1-11-14(12(2)19)16(21)17-15(18(11)9-10-20-3)13-7-5-4-6-8-13/h4-8H,9-10H2,1-3H3. The fourth-order valence-electron chi connectivity index (χ4n) is 2.33. The Hall–Kier alpha value is -1.85. The summed E-state index contributed by atoms with van der Waals surface area (Å²) in [5.74, 6) is 0.705. The molecule has 2 rings (SSSR count). The van der Waals surface area contributed by atoms with Crippen molar-refractivity contribution in [1.82, 2.24) is 9.55 Å². The molecule has 1 aromatic heterocycles. The molecule has 0 aliphatic rings. The van der Waals surface area contributed by atoms with Gasteiger partial charge in [-0.2, -0.15) is 0 Å². The molecule has 1 aromatic carbocycles. The average Bonchev–Trinajstić information content (AvgIpc) is 2.46. The first-order valence-electron chi connectivity index (χ1n) is 6.73. The maximum atomic E-state index is 11.8. The zero-order valence-corrected chi connectivity index (χ0v) is 13.2. The normalized spacial score (nSPS) is 10.6. The monoisotopic (exact) mass is 302 g/mol. The molecule has 0 saturated carbocycles. The highest BCUT2D eigenvalue weighted by Crippen LogP contribution is 2.21. The Morgan fingerprint density at radius 1 is 1.33 bits per heavy atom. The second-order valence-electron chi connectivity index (χ2n) is 4.77. The van der Waals surface area contributed by atoms with Gasteiger partial charge >= 0.3 is 0 Å². The Morgan fingerprint density at radius 2 is 2.00 bits per heavy atom. The molecule has 2 aromatic rings. The van der Waals surface area contributed by atoms with Gasteiger partial charge in [-0.1, -0.05) is 42.5 Å². The zero-order valence-electron chi connectivity index (χ0n) is 12.4. The van der Waals surface area contributed by atoms with Crippen LogP contribution in [0.25, 0.3) is 11.4 Å². The van der Waals surface area contributed by atoms with Gasteiger partial charge in [-0.15, -0.1) is 0 Å². The molecule has 1 heterocycles. The minimum atomic E-state index is -0.0595. The van der Waals surface area contributed by atoms with E-state index in [1.807, 2.05) is 41.8 Å². The predicted molar refractivity (Wildman–Crippen MR) is 85.1 cm³/mol. The molecule has 110 valence electrons. The Kier molecular flexibility index (Phi) is 4.98. The van der Waals surface area contributed by atoms with E-state index in [4.69, 9.17) is 17.0 Å². The lowest BCUT2D eigenvalue weighted by Crippen LogP contribution is -2.17. The van der Waals surface area contributed by atoms with Crippen molar-refractivity contribution in [2.75, 3.05) is 13.7 Å². The van der Waals surface area contributed by atoms with E-state index in [-0.39, 0.29) is 5.78 Å². The van der Waals surface area contributed by atoms with Crippen LogP contribution in [0.3, 0.4) is 0 Å². The van der Waals surface area contributed by atoms with Crippen LogP contribution in [0.2, 0.25) is 0 Å². The maximum absolute atomic E-state index is 11.8. The topological polar surface area (TPSA) is 44.1 Å². The molecule has 0 fully saturated rings. The number of Topliss-reactive ketones (excluding diaryl/α,β-unsaturated/α-hetero) is 1. The molecule has 0 aliphatic carbocycles. The van der Waals surface area contributed by atoms with Crippen molar-refractivity contribution in [2.24, 2.45) is 0 Å². The maximum Gasteiger partial charge on any atom is 0.164 e. The Labute approximate surface area is 129 Å². The molecule has 0 radical (unpaired) electrons. The van der Waals surface area contributed by atoms with E-state index < -0.39 is 0 Å². The molecule has 0 spiro atoms. The van der Waals surface area contributed by atoms with Crippen molar-refractivity contribution in [3.05, 3.63) is 46.2 Å². The smallest absolute Gasteiger partial charge is 0.164 e. The van der Waals surface area contributed by atoms with Gasteiger partial charge in [0, 0.05) is 24.9 Å². The third-order valence-electron chi connectivity index (χ3n) is 3.35. The molecular formula is C16H18N2O2S. The summed E-state index contributed by atoms with van der Waals surface area (Å²) in [6.45, 7) is 4.58. The Morgan fingerprint density at radius 3 is 2.57 bits per heavy atom. The zero-order chi connectivity index (χ0) is 15.4. The van der Waals surface area contributed by atoms with Gasteiger partial charge < -0.3 is 9.30 Å². The summed E-state index contributed by atoms with van der Waals surface area (Å²) in [5, 5.41) is 0. The van der Waals surface area contributed by atoms with Gasteiger partial charge in [0.05, 0.1) is 12.2 Å². The first-order valence-corrected chi connectivity index (χ1v) is 7.13. The van der Waals surface area contributed by atoms with E-state index >= 15 is 0 Å². The van der Waals surface area contributed by atoms with Gasteiger partial charge in [0.1, 0.15) is 10.5 Å².